The van der Waals surface area contributed by atoms with Gasteiger partial charge >= 0.3 is 0 Å². The Hall–Kier alpha value is -0.570. The number of hydrogen-bond acceptors (Lipinski definition) is 2. The van der Waals surface area contributed by atoms with E-state index in [0.717, 1.165) is 25.6 Å². The summed E-state index contributed by atoms with van der Waals surface area (Å²) in [6, 6.07) is 10.7. The Morgan fingerprint density at radius 1 is 1.25 bits per heavy atom. The Bertz CT molecular complexity index is 291. The van der Waals surface area contributed by atoms with Crippen molar-refractivity contribution in [1.29, 1.82) is 0 Å². The fourth-order valence-corrected chi connectivity index (χ4v) is 2.37. The van der Waals surface area contributed by atoms with Gasteiger partial charge in [0.2, 0.25) is 0 Å². The van der Waals surface area contributed by atoms with Gasteiger partial charge in [0.1, 0.15) is 0 Å². The minimum Gasteiger partial charge on any atom is -0.395 e. The van der Waals surface area contributed by atoms with Crippen molar-refractivity contribution in [1.82, 2.24) is 4.90 Å². The number of hydrogen-bond donors (Lipinski definition) is 1. The lowest BCUT2D eigenvalue weighted by Crippen LogP contribution is -2.24. The quantitative estimate of drug-likeness (QED) is 0.871. The molecule has 1 heterocycles. The SMILES string of the molecule is Cl.OCCN1CCC(Cc2ccccc2)C1. The second kappa shape index (κ2) is 6.89. The molecule has 1 unspecified atom stereocenters. The van der Waals surface area contributed by atoms with Gasteiger partial charge in [0.05, 0.1) is 6.61 Å². The third kappa shape index (κ3) is 3.78. The number of nitrogens with zero attached hydrogens (tertiary/aromatic N) is 1. The summed E-state index contributed by atoms with van der Waals surface area (Å²) >= 11 is 0. The third-order valence-electron chi connectivity index (χ3n) is 3.15. The first-order chi connectivity index (χ1) is 7.38. The van der Waals surface area contributed by atoms with E-state index < -0.39 is 0 Å². The topological polar surface area (TPSA) is 23.5 Å². The number of halogens is 1. The predicted octanol–water partition coefficient (Wildman–Crippen LogP) is 1.97. The van der Waals surface area contributed by atoms with E-state index in [4.69, 9.17) is 5.11 Å². The van der Waals surface area contributed by atoms with Crippen LogP contribution in [-0.4, -0.2) is 36.2 Å². The molecule has 1 aromatic carbocycles. The molecule has 16 heavy (non-hydrogen) atoms. The average Bonchev–Trinajstić information content (AvgIpc) is 2.68. The zero-order chi connectivity index (χ0) is 10.5. The van der Waals surface area contributed by atoms with Crippen LogP contribution < -0.4 is 0 Å². The molecule has 1 fully saturated rings. The molecule has 1 aromatic rings. The second-order valence-corrected chi connectivity index (χ2v) is 4.37. The Morgan fingerprint density at radius 3 is 2.69 bits per heavy atom. The molecule has 0 bridgehead atoms. The summed E-state index contributed by atoms with van der Waals surface area (Å²) in [5.41, 5.74) is 1.44. The van der Waals surface area contributed by atoms with Crippen molar-refractivity contribution < 1.29 is 5.11 Å². The highest BCUT2D eigenvalue weighted by molar-refractivity contribution is 5.85. The Kier molecular flexibility index (Phi) is 5.81. The molecule has 1 aliphatic heterocycles. The van der Waals surface area contributed by atoms with Crippen LogP contribution in [0.3, 0.4) is 0 Å². The van der Waals surface area contributed by atoms with Crippen molar-refractivity contribution in [3.8, 4) is 0 Å². The molecule has 0 aliphatic carbocycles. The highest BCUT2D eigenvalue weighted by Crippen LogP contribution is 2.20. The molecule has 1 saturated heterocycles. The highest BCUT2D eigenvalue weighted by atomic mass is 35.5. The van der Waals surface area contributed by atoms with Crippen LogP contribution in [0, 0.1) is 5.92 Å². The molecule has 0 amide bonds. The summed E-state index contributed by atoms with van der Waals surface area (Å²) in [5.74, 6) is 0.777. The van der Waals surface area contributed by atoms with Crippen molar-refractivity contribution in [3.63, 3.8) is 0 Å². The van der Waals surface area contributed by atoms with Crippen molar-refractivity contribution in [2.24, 2.45) is 5.92 Å². The van der Waals surface area contributed by atoms with Crippen LogP contribution in [0.15, 0.2) is 30.3 Å². The van der Waals surface area contributed by atoms with Gasteiger partial charge < -0.3 is 10.0 Å². The fourth-order valence-electron chi connectivity index (χ4n) is 2.37. The largest absolute Gasteiger partial charge is 0.395 e. The van der Waals surface area contributed by atoms with Crippen LogP contribution in [0.5, 0.6) is 0 Å². The standard InChI is InChI=1S/C13H19NO.ClH/c15-9-8-14-7-6-13(11-14)10-12-4-2-1-3-5-12;/h1-5,13,15H,6-11H2;1H. The average molecular weight is 242 g/mol. The van der Waals surface area contributed by atoms with Gasteiger partial charge in [0.15, 0.2) is 0 Å². The van der Waals surface area contributed by atoms with Gasteiger partial charge in [-0.2, -0.15) is 0 Å². The molecule has 0 aromatic heterocycles. The molecule has 1 N–H and O–H groups in total. The van der Waals surface area contributed by atoms with E-state index in [-0.39, 0.29) is 19.0 Å². The van der Waals surface area contributed by atoms with E-state index in [1.165, 1.54) is 18.4 Å². The van der Waals surface area contributed by atoms with Gasteiger partial charge in [0.25, 0.3) is 0 Å². The Labute approximate surface area is 104 Å². The maximum atomic E-state index is 8.86. The molecule has 2 rings (SSSR count). The summed E-state index contributed by atoms with van der Waals surface area (Å²) < 4.78 is 0. The molecule has 0 radical (unpaired) electrons. The first-order valence-electron chi connectivity index (χ1n) is 5.75. The molecular weight excluding hydrogens is 222 g/mol. The first-order valence-corrected chi connectivity index (χ1v) is 5.75. The van der Waals surface area contributed by atoms with Crippen LogP contribution in [0.2, 0.25) is 0 Å². The van der Waals surface area contributed by atoms with E-state index in [2.05, 4.69) is 35.2 Å². The van der Waals surface area contributed by atoms with E-state index >= 15 is 0 Å². The number of aliphatic hydroxyl groups is 1. The summed E-state index contributed by atoms with van der Waals surface area (Å²) in [4.78, 5) is 2.35. The van der Waals surface area contributed by atoms with E-state index in [1.54, 1.807) is 0 Å². The third-order valence-corrected chi connectivity index (χ3v) is 3.15. The highest BCUT2D eigenvalue weighted by Gasteiger charge is 2.21. The smallest absolute Gasteiger partial charge is 0.0558 e. The molecule has 3 heteroatoms. The van der Waals surface area contributed by atoms with Gasteiger partial charge in [0, 0.05) is 13.1 Å². The van der Waals surface area contributed by atoms with Crippen molar-refractivity contribution >= 4 is 12.4 Å². The number of benzene rings is 1. The Balaban J connectivity index is 0.00000128. The maximum absolute atomic E-state index is 8.86. The van der Waals surface area contributed by atoms with Crippen molar-refractivity contribution in [2.45, 2.75) is 12.8 Å². The molecule has 90 valence electrons. The van der Waals surface area contributed by atoms with Crippen LogP contribution in [0.25, 0.3) is 0 Å². The molecule has 1 aliphatic rings. The van der Waals surface area contributed by atoms with E-state index in [0.29, 0.717) is 0 Å². The Morgan fingerprint density at radius 2 is 2.00 bits per heavy atom. The molecule has 1 atom stereocenters. The predicted molar refractivity (Wildman–Crippen MR) is 69.0 cm³/mol. The second-order valence-electron chi connectivity index (χ2n) is 4.37. The number of likely N-dealkylation sites (tertiary alicyclic amines) is 1. The lowest BCUT2D eigenvalue weighted by molar-refractivity contribution is 0.217. The minimum atomic E-state index is 0. The first kappa shape index (κ1) is 13.5. The summed E-state index contributed by atoms with van der Waals surface area (Å²) in [7, 11) is 0. The monoisotopic (exact) mass is 241 g/mol. The van der Waals surface area contributed by atoms with Crippen molar-refractivity contribution in [2.75, 3.05) is 26.2 Å². The van der Waals surface area contributed by atoms with Crippen LogP contribution >= 0.6 is 12.4 Å². The van der Waals surface area contributed by atoms with Crippen LogP contribution in [0.4, 0.5) is 0 Å². The van der Waals surface area contributed by atoms with Gasteiger partial charge in [-0.05, 0) is 30.9 Å². The number of rotatable bonds is 4. The summed E-state index contributed by atoms with van der Waals surface area (Å²) in [6.45, 7) is 3.43. The van der Waals surface area contributed by atoms with Gasteiger partial charge in [-0.15, -0.1) is 12.4 Å². The fraction of sp³-hybridized carbons (Fsp3) is 0.538. The van der Waals surface area contributed by atoms with E-state index in [9.17, 15) is 0 Å². The summed E-state index contributed by atoms with van der Waals surface area (Å²) in [6.07, 6.45) is 2.46. The zero-order valence-corrected chi connectivity index (χ0v) is 10.3. The van der Waals surface area contributed by atoms with Crippen molar-refractivity contribution in [3.05, 3.63) is 35.9 Å². The van der Waals surface area contributed by atoms with E-state index in [1.807, 2.05) is 0 Å². The zero-order valence-electron chi connectivity index (χ0n) is 9.51. The van der Waals surface area contributed by atoms with Crippen LogP contribution in [-0.2, 0) is 6.42 Å². The lowest BCUT2D eigenvalue weighted by Gasteiger charge is -2.14. The summed E-state index contributed by atoms with van der Waals surface area (Å²) in [5, 5.41) is 8.86. The molecule has 0 saturated carbocycles. The van der Waals surface area contributed by atoms with Gasteiger partial charge in [-0.3, -0.25) is 0 Å². The molecule has 2 nitrogen and oxygen atoms in total. The number of β-amino-alcohol motifs (C(OH)–C–C–N with tert-alkyl or cyclic N) is 1. The van der Waals surface area contributed by atoms with Gasteiger partial charge in [-0.25, -0.2) is 0 Å². The normalized spacial score (nSPS) is 20.7. The van der Waals surface area contributed by atoms with Crippen LogP contribution in [0.1, 0.15) is 12.0 Å². The number of aliphatic hydroxyl groups excluding tert-OH is 1. The minimum absolute atomic E-state index is 0. The maximum Gasteiger partial charge on any atom is 0.0558 e. The molecular formula is C13H20ClNO. The molecule has 0 spiro atoms. The lowest BCUT2D eigenvalue weighted by atomic mass is 9.99. The van der Waals surface area contributed by atoms with Gasteiger partial charge in [-0.1, -0.05) is 30.3 Å².